The van der Waals surface area contributed by atoms with E-state index in [1.807, 2.05) is 19.1 Å². The van der Waals surface area contributed by atoms with Crippen LogP contribution in [-0.2, 0) is 10.2 Å². The first-order chi connectivity index (χ1) is 9.20. The number of nitrogens with one attached hydrogen (secondary N) is 1. The van der Waals surface area contributed by atoms with Crippen LogP contribution in [0.25, 0.3) is 0 Å². The summed E-state index contributed by atoms with van der Waals surface area (Å²) in [5.41, 5.74) is 7.12. The largest absolute Gasteiger partial charge is 0.494 e. The number of carbonyl (C=O) groups is 1. The Hall–Kier alpha value is -1.55. The van der Waals surface area contributed by atoms with Crippen molar-refractivity contribution in [1.82, 2.24) is 5.32 Å². The molecular weight excluding hydrogens is 240 g/mol. The second-order valence-electron chi connectivity index (χ2n) is 5.04. The van der Waals surface area contributed by atoms with Crippen LogP contribution in [0.2, 0.25) is 0 Å². The fourth-order valence-electron chi connectivity index (χ4n) is 2.69. The third kappa shape index (κ3) is 3.07. The highest BCUT2D eigenvalue weighted by Crippen LogP contribution is 2.34. The van der Waals surface area contributed by atoms with E-state index in [4.69, 9.17) is 10.5 Å². The monoisotopic (exact) mass is 262 g/mol. The lowest BCUT2D eigenvalue weighted by atomic mass is 9.74. The van der Waals surface area contributed by atoms with Crippen LogP contribution in [0.1, 0.15) is 31.7 Å². The van der Waals surface area contributed by atoms with E-state index in [1.165, 1.54) is 5.56 Å². The van der Waals surface area contributed by atoms with Gasteiger partial charge in [-0.1, -0.05) is 12.1 Å². The van der Waals surface area contributed by atoms with Gasteiger partial charge in [-0.3, -0.25) is 4.79 Å². The number of nitrogens with two attached hydrogens (primary N) is 1. The van der Waals surface area contributed by atoms with E-state index in [1.54, 1.807) is 0 Å². The van der Waals surface area contributed by atoms with Crippen molar-refractivity contribution in [1.29, 1.82) is 0 Å². The number of hydrogen-bond acceptors (Lipinski definition) is 3. The molecule has 4 heteroatoms. The molecule has 0 spiro atoms. The summed E-state index contributed by atoms with van der Waals surface area (Å²) in [5.74, 6) is 1.00. The maximum atomic E-state index is 11.5. The van der Waals surface area contributed by atoms with Crippen LogP contribution in [0.15, 0.2) is 24.3 Å². The van der Waals surface area contributed by atoms with Crippen molar-refractivity contribution in [2.45, 2.75) is 31.6 Å². The zero-order valence-electron chi connectivity index (χ0n) is 11.4. The SMILES string of the molecule is CCOc1ccc(C2(CN)CCNC(=O)CC2)cc1. The van der Waals surface area contributed by atoms with Gasteiger partial charge in [0.05, 0.1) is 6.61 Å². The molecule has 104 valence electrons. The highest BCUT2D eigenvalue weighted by atomic mass is 16.5. The summed E-state index contributed by atoms with van der Waals surface area (Å²) < 4.78 is 5.46. The number of hydrogen-bond donors (Lipinski definition) is 2. The van der Waals surface area contributed by atoms with Gasteiger partial charge in [0.25, 0.3) is 0 Å². The lowest BCUT2D eigenvalue weighted by molar-refractivity contribution is -0.120. The normalized spacial score (nSPS) is 23.6. The van der Waals surface area contributed by atoms with Crippen LogP contribution in [0.4, 0.5) is 0 Å². The summed E-state index contributed by atoms with van der Waals surface area (Å²) in [5, 5.41) is 2.92. The number of carbonyl (C=O) groups excluding carboxylic acids is 1. The first-order valence-electron chi connectivity index (χ1n) is 6.90. The summed E-state index contributed by atoms with van der Waals surface area (Å²) in [6.45, 7) is 3.90. The summed E-state index contributed by atoms with van der Waals surface area (Å²) in [6.07, 6.45) is 2.25. The summed E-state index contributed by atoms with van der Waals surface area (Å²) in [6, 6.07) is 8.12. The van der Waals surface area contributed by atoms with Crippen LogP contribution in [-0.4, -0.2) is 25.6 Å². The molecule has 0 saturated carbocycles. The van der Waals surface area contributed by atoms with Gasteiger partial charge in [-0.25, -0.2) is 0 Å². The third-order valence-corrected chi connectivity index (χ3v) is 3.92. The average molecular weight is 262 g/mol. The van der Waals surface area contributed by atoms with E-state index < -0.39 is 0 Å². The minimum Gasteiger partial charge on any atom is -0.494 e. The Morgan fingerprint density at radius 3 is 2.68 bits per heavy atom. The number of rotatable bonds is 4. The molecule has 1 aromatic carbocycles. The van der Waals surface area contributed by atoms with E-state index in [2.05, 4.69) is 17.4 Å². The fraction of sp³-hybridized carbons (Fsp3) is 0.533. The van der Waals surface area contributed by atoms with Crippen molar-refractivity contribution >= 4 is 5.91 Å². The van der Waals surface area contributed by atoms with Crippen LogP contribution < -0.4 is 15.8 Å². The van der Waals surface area contributed by atoms with Crippen LogP contribution in [0.3, 0.4) is 0 Å². The number of amides is 1. The lowest BCUT2D eigenvalue weighted by Gasteiger charge is -2.31. The van der Waals surface area contributed by atoms with Gasteiger partial charge < -0.3 is 15.8 Å². The highest BCUT2D eigenvalue weighted by Gasteiger charge is 2.33. The van der Waals surface area contributed by atoms with Gasteiger partial charge in [-0.05, 0) is 37.5 Å². The van der Waals surface area contributed by atoms with Crippen molar-refractivity contribution in [3.05, 3.63) is 29.8 Å². The molecule has 4 nitrogen and oxygen atoms in total. The fourth-order valence-corrected chi connectivity index (χ4v) is 2.69. The maximum absolute atomic E-state index is 11.5. The van der Waals surface area contributed by atoms with Gasteiger partial charge in [-0.2, -0.15) is 0 Å². The molecule has 2 rings (SSSR count). The Morgan fingerprint density at radius 1 is 1.32 bits per heavy atom. The topological polar surface area (TPSA) is 64.3 Å². The Bertz CT molecular complexity index is 430. The molecule has 0 aromatic heterocycles. The third-order valence-electron chi connectivity index (χ3n) is 3.92. The molecule has 1 aromatic rings. The highest BCUT2D eigenvalue weighted by molar-refractivity contribution is 5.76. The first kappa shape index (κ1) is 13.9. The Morgan fingerprint density at radius 2 is 2.05 bits per heavy atom. The molecule has 1 fully saturated rings. The number of benzene rings is 1. The van der Waals surface area contributed by atoms with Crippen molar-refractivity contribution in [2.75, 3.05) is 19.7 Å². The zero-order valence-corrected chi connectivity index (χ0v) is 11.4. The molecule has 3 N–H and O–H groups in total. The van der Waals surface area contributed by atoms with Crippen molar-refractivity contribution in [3.8, 4) is 5.75 Å². The molecule has 1 amide bonds. The Balaban J connectivity index is 2.22. The van der Waals surface area contributed by atoms with E-state index in [-0.39, 0.29) is 11.3 Å². The van der Waals surface area contributed by atoms with Crippen LogP contribution in [0, 0.1) is 0 Å². The van der Waals surface area contributed by atoms with Gasteiger partial charge >= 0.3 is 0 Å². The van der Waals surface area contributed by atoms with Crippen molar-refractivity contribution < 1.29 is 9.53 Å². The van der Waals surface area contributed by atoms with Gasteiger partial charge in [0.2, 0.25) is 5.91 Å². The molecule has 0 bridgehead atoms. The predicted octanol–water partition coefficient (Wildman–Crippen LogP) is 1.58. The van der Waals surface area contributed by atoms with E-state index in [0.717, 1.165) is 18.6 Å². The van der Waals surface area contributed by atoms with E-state index >= 15 is 0 Å². The molecule has 1 aliphatic rings. The second kappa shape index (κ2) is 6.06. The van der Waals surface area contributed by atoms with Gasteiger partial charge in [0.15, 0.2) is 0 Å². The maximum Gasteiger partial charge on any atom is 0.220 e. The average Bonchev–Trinajstić information content (AvgIpc) is 2.63. The minimum absolute atomic E-state index is 0.0933. The molecular formula is C15H22N2O2. The molecule has 0 radical (unpaired) electrons. The summed E-state index contributed by atoms with van der Waals surface area (Å²) in [4.78, 5) is 11.5. The first-order valence-corrected chi connectivity index (χ1v) is 6.90. The van der Waals surface area contributed by atoms with E-state index in [9.17, 15) is 4.79 Å². The van der Waals surface area contributed by atoms with Gasteiger partial charge in [0.1, 0.15) is 5.75 Å². The molecule has 1 saturated heterocycles. The quantitative estimate of drug-likeness (QED) is 0.866. The molecule has 1 aliphatic heterocycles. The van der Waals surface area contributed by atoms with E-state index in [0.29, 0.717) is 26.1 Å². The molecule has 19 heavy (non-hydrogen) atoms. The minimum atomic E-state index is -0.0933. The smallest absolute Gasteiger partial charge is 0.220 e. The molecule has 1 heterocycles. The van der Waals surface area contributed by atoms with Crippen LogP contribution in [0.5, 0.6) is 5.75 Å². The van der Waals surface area contributed by atoms with Gasteiger partial charge in [-0.15, -0.1) is 0 Å². The molecule has 1 atom stereocenters. The molecule has 0 aliphatic carbocycles. The second-order valence-corrected chi connectivity index (χ2v) is 5.04. The molecule has 1 unspecified atom stereocenters. The van der Waals surface area contributed by atoms with Crippen molar-refractivity contribution in [3.63, 3.8) is 0 Å². The zero-order chi connectivity index (χ0) is 13.7. The lowest BCUT2D eigenvalue weighted by Crippen LogP contribution is -2.36. The Labute approximate surface area is 114 Å². The van der Waals surface area contributed by atoms with Gasteiger partial charge in [0, 0.05) is 24.9 Å². The summed E-state index contributed by atoms with van der Waals surface area (Å²) in [7, 11) is 0. The Kier molecular flexibility index (Phi) is 4.43. The standard InChI is InChI=1S/C15H22N2O2/c1-2-19-13-5-3-12(4-6-13)15(11-16)8-7-14(18)17-10-9-15/h3-6H,2,7-11,16H2,1H3,(H,17,18). The predicted molar refractivity (Wildman–Crippen MR) is 75.2 cm³/mol. The summed E-state index contributed by atoms with van der Waals surface area (Å²) >= 11 is 0. The van der Waals surface area contributed by atoms with Crippen molar-refractivity contribution in [2.24, 2.45) is 5.73 Å². The number of ether oxygens (including phenoxy) is 1. The van der Waals surface area contributed by atoms with Crippen LogP contribution >= 0.6 is 0 Å².